The summed E-state index contributed by atoms with van der Waals surface area (Å²) in [6.07, 6.45) is 0.331. The molecular formula is C21H18Cl3NO. The van der Waals surface area contributed by atoms with Crippen LogP contribution in [-0.4, -0.2) is 17.4 Å². The number of hydrogen-bond donors (Lipinski definition) is 0. The van der Waals surface area contributed by atoms with Crippen molar-refractivity contribution >= 4 is 51.5 Å². The van der Waals surface area contributed by atoms with E-state index >= 15 is 0 Å². The topological polar surface area (TPSA) is 20.3 Å². The highest BCUT2D eigenvalue weighted by atomic mass is 35.5. The Morgan fingerprint density at radius 1 is 0.962 bits per heavy atom. The Balaban J connectivity index is 1.83. The van der Waals surface area contributed by atoms with Crippen molar-refractivity contribution in [3.05, 3.63) is 80.8 Å². The van der Waals surface area contributed by atoms with Crippen molar-refractivity contribution in [2.24, 2.45) is 0 Å². The van der Waals surface area contributed by atoms with Crippen molar-refractivity contribution in [3.8, 4) is 0 Å². The molecule has 0 heterocycles. The first-order chi connectivity index (χ1) is 12.5. The molecule has 0 aromatic heterocycles. The maximum absolute atomic E-state index is 12.9. The number of fused-ring (bicyclic) bond motifs is 1. The number of carbonyl (C=O) groups excluding carboxylic acids is 1. The summed E-state index contributed by atoms with van der Waals surface area (Å²) in [6, 6.07) is 17.4. The lowest BCUT2D eigenvalue weighted by Crippen LogP contribution is -2.31. The molecule has 3 aromatic carbocycles. The zero-order valence-corrected chi connectivity index (χ0v) is 16.6. The van der Waals surface area contributed by atoms with E-state index < -0.39 is 0 Å². The minimum atomic E-state index is 0.0333. The number of amides is 1. The Morgan fingerprint density at radius 2 is 1.62 bits per heavy atom. The van der Waals surface area contributed by atoms with Gasteiger partial charge in [0.15, 0.2) is 0 Å². The minimum absolute atomic E-state index is 0.0333. The number of rotatable bonds is 5. The van der Waals surface area contributed by atoms with Gasteiger partial charge in [0.25, 0.3) is 0 Å². The SMILES string of the molecule is CCN(Cc1c(Cl)cc(Cl)cc1Cl)C(=O)Cc1cccc2ccccc12. The fourth-order valence-corrected chi connectivity index (χ4v) is 3.95. The van der Waals surface area contributed by atoms with Gasteiger partial charge < -0.3 is 4.90 Å². The van der Waals surface area contributed by atoms with E-state index in [0.29, 0.717) is 40.1 Å². The highest BCUT2D eigenvalue weighted by Crippen LogP contribution is 2.30. The molecule has 26 heavy (non-hydrogen) atoms. The van der Waals surface area contributed by atoms with Crippen LogP contribution in [0.5, 0.6) is 0 Å². The van der Waals surface area contributed by atoms with Crippen molar-refractivity contribution in [1.29, 1.82) is 0 Å². The molecule has 134 valence electrons. The molecule has 0 aliphatic heterocycles. The number of hydrogen-bond acceptors (Lipinski definition) is 1. The molecule has 0 fully saturated rings. The standard InChI is InChI=1S/C21H18Cl3NO/c1-2-25(13-18-19(23)11-16(22)12-20(18)24)21(26)10-15-8-5-7-14-6-3-4-9-17(14)15/h3-9,11-12H,2,10,13H2,1H3. The molecule has 3 rings (SSSR count). The molecule has 3 aromatic rings. The summed E-state index contributed by atoms with van der Waals surface area (Å²) in [7, 11) is 0. The lowest BCUT2D eigenvalue weighted by Gasteiger charge is -2.23. The number of likely N-dealkylation sites (N-methyl/N-ethyl adjacent to an activating group) is 1. The van der Waals surface area contributed by atoms with Crippen molar-refractivity contribution in [3.63, 3.8) is 0 Å². The van der Waals surface area contributed by atoms with Gasteiger partial charge in [-0.05, 0) is 35.4 Å². The van der Waals surface area contributed by atoms with E-state index in [2.05, 4.69) is 0 Å². The van der Waals surface area contributed by atoms with Crippen LogP contribution in [0, 0.1) is 0 Å². The first kappa shape index (κ1) is 19.0. The predicted octanol–water partition coefficient (Wildman–Crippen LogP) is 6.39. The van der Waals surface area contributed by atoms with Crippen LogP contribution in [0.2, 0.25) is 15.1 Å². The Morgan fingerprint density at radius 3 is 2.31 bits per heavy atom. The maximum atomic E-state index is 12.9. The first-order valence-electron chi connectivity index (χ1n) is 8.37. The van der Waals surface area contributed by atoms with Gasteiger partial charge in [-0.25, -0.2) is 0 Å². The molecule has 0 saturated carbocycles. The minimum Gasteiger partial charge on any atom is -0.338 e. The Labute approximate surface area is 168 Å². The second-order valence-electron chi connectivity index (χ2n) is 6.07. The summed E-state index contributed by atoms with van der Waals surface area (Å²) < 4.78 is 0. The molecule has 0 saturated heterocycles. The fraction of sp³-hybridized carbons (Fsp3) is 0.190. The number of nitrogens with zero attached hydrogens (tertiary/aromatic N) is 1. The molecule has 0 aliphatic carbocycles. The van der Waals surface area contributed by atoms with Crippen LogP contribution in [-0.2, 0) is 17.8 Å². The van der Waals surface area contributed by atoms with Crippen LogP contribution in [0.25, 0.3) is 10.8 Å². The van der Waals surface area contributed by atoms with Gasteiger partial charge in [0, 0.05) is 33.7 Å². The number of benzene rings is 3. The number of halogens is 3. The van der Waals surface area contributed by atoms with Gasteiger partial charge in [0.2, 0.25) is 5.91 Å². The molecule has 0 spiro atoms. The van der Waals surface area contributed by atoms with Crippen LogP contribution >= 0.6 is 34.8 Å². The third-order valence-electron chi connectivity index (χ3n) is 4.41. The highest BCUT2D eigenvalue weighted by Gasteiger charge is 2.17. The number of carbonyl (C=O) groups is 1. The monoisotopic (exact) mass is 405 g/mol. The van der Waals surface area contributed by atoms with Crippen molar-refractivity contribution < 1.29 is 4.79 Å². The van der Waals surface area contributed by atoms with E-state index in [9.17, 15) is 4.79 Å². The van der Waals surface area contributed by atoms with Gasteiger partial charge >= 0.3 is 0 Å². The van der Waals surface area contributed by atoms with Gasteiger partial charge in [-0.15, -0.1) is 0 Å². The third kappa shape index (κ3) is 4.15. The Bertz CT molecular complexity index is 927. The molecule has 2 nitrogen and oxygen atoms in total. The van der Waals surface area contributed by atoms with Crippen LogP contribution in [0.1, 0.15) is 18.1 Å². The zero-order valence-electron chi connectivity index (χ0n) is 14.3. The van der Waals surface area contributed by atoms with E-state index in [1.807, 2.05) is 49.4 Å². The van der Waals surface area contributed by atoms with Gasteiger partial charge in [-0.3, -0.25) is 4.79 Å². The molecule has 0 atom stereocenters. The lowest BCUT2D eigenvalue weighted by molar-refractivity contribution is -0.130. The highest BCUT2D eigenvalue weighted by molar-refractivity contribution is 6.39. The largest absolute Gasteiger partial charge is 0.338 e. The lowest BCUT2D eigenvalue weighted by atomic mass is 10.0. The summed E-state index contributed by atoms with van der Waals surface area (Å²) in [5.74, 6) is 0.0333. The summed E-state index contributed by atoms with van der Waals surface area (Å²) >= 11 is 18.5. The van der Waals surface area contributed by atoms with Crippen LogP contribution < -0.4 is 0 Å². The molecule has 0 unspecified atom stereocenters. The maximum Gasteiger partial charge on any atom is 0.227 e. The first-order valence-corrected chi connectivity index (χ1v) is 9.50. The van der Waals surface area contributed by atoms with E-state index in [1.54, 1.807) is 17.0 Å². The van der Waals surface area contributed by atoms with E-state index in [1.165, 1.54) is 0 Å². The van der Waals surface area contributed by atoms with Crippen molar-refractivity contribution in [1.82, 2.24) is 4.90 Å². The van der Waals surface area contributed by atoms with Gasteiger partial charge in [-0.2, -0.15) is 0 Å². The molecule has 0 N–H and O–H groups in total. The van der Waals surface area contributed by atoms with Crippen LogP contribution in [0.4, 0.5) is 0 Å². The van der Waals surface area contributed by atoms with Gasteiger partial charge in [0.1, 0.15) is 0 Å². The zero-order chi connectivity index (χ0) is 18.7. The van der Waals surface area contributed by atoms with Crippen LogP contribution in [0.3, 0.4) is 0 Å². The normalized spacial score (nSPS) is 10.9. The molecule has 0 aliphatic rings. The smallest absolute Gasteiger partial charge is 0.227 e. The van der Waals surface area contributed by atoms with E-state index in [0.717, 1.165) is 16.3 Å². The Hall–Kier alpha value is -1.74. The quantitative estimate of drug-likeness (QED) is 0.480. The molecular weight excluding hydrogens is 389 g/mol. The van der Waals surface area contributed by atoms with Crippen molar-refractivity contribution in [2.75, 3.05) is 6.54 Å². The average Bonchev–Trinajstić information content (AvgIpc) is 2.61. The predicted molar refractivity (Wildman–Crippen MR) is 110 cm³/mol. The summed E-state index contributed by atoms with van der Waals surface area (Å²) in [5, 5.41) is 3.65. The van der Waals surface area contributed by atoms with E-state index in [-0.39, 0.29) is 5.91 Å². The van der Waals surface area contributed by atoms with Gasteiger partial charge in [0.05, 0.1) is 6.42 Å². The molecule has 5 heteroatoms. The third-order valence-corrected chi connectivity index (χ3v) is 5.30. The van der Waals surface area contributed by atoms with Crippen molar-refractivity contribution in [2.45, 2.75) is 19.9 Å². The summed E-state index contributed by atoms with van der Waals surface area (Å²) in [5.41, 5.74) is 1.73. The fourth-order valence-electron chi connectivity index (χ4n) is 3.01. The van der Waals surface area contributed by atoms with Crippen LogP contribution in [0.15, 0.2) is 54.6 Å². The van der Waals surface area contributed by atoms with Gasteiger partial charge in [-0.1, -0.05) is 77.3 Å². The second kappa shape index (κ2) is 8.30. The second-order valence-corrected chi connectivity index (χ2v) is 7.32. The summed E-state index contributed by atoms with van der Waals surface area (Å²) in [4.78, 5) is 14.6. The average molecular weight is 407 g/mol. The molecule has 0 radical (unpaired) electrons. The summed E-state index contributed by atoms with van der Waals surface area (Å²) in [6.45, 7) is 2.87. The Kier molecular flexibility index (Phi) is 6.08. The molecule has 0 bridgehead atoms. The van der Waals surface area contributed by atoms with E-state index in [4.69, 9.17) is 34.8 Å². The molecule has 1 amide bonds.